The molecule has 0 atom stereocenters. The maximum atomic E-state index is 14.8. The SMILES string of the molecule is CC1(C)N=C(c2cnn3c(Cl)cc(Cl)c3c2)c2cccc(F)c2C1(C)C. The molecule has 3 nitrogen and oxygen atoms in total. The molecule has 4 rings (SSSR count). The van der Waals surface area contributed by atoms with E-state index in [0.717, 1.165) is 11.1 Å². The molecular weight excluding hydrogens is 372 g/mol. The highest BCUT2D eigenvalue weighted by atomic mass is 35.5. The van der Waals surface area contributed by atoms with Crippen molar-refractivity contribution >= 4 is 34.4 Å². The van der Waals surface area contributed by atoms with Crippen molar-refractivity contribution in [3.8, 4) is 0 Å². The van der Waals surface area contributed by atoms with Crippen molar-refractivity contribution in [3.63, 3.8) is 0 Å². The van der Waals surface area contributed by atoms with E-state index in [1.54, 1.807) is 22.8 Å². The molecular formula is C20H18Cl2FN3. The number of fused-ring (bicyclic) bond motifs is 2. The van der Waals surface area contributed by atoms with E-state index in [9.17, 15) is 4.39 Å². The number of halogens is 3. The van der Waals surface area contributed by atoms with Crippen LogP contribution in [0.15, 0.2) is 41.5 Å². The zero-order valence-electron chi connectivity index (χ0n) is 14.9. The minimum atomic E-state index is -0.493. The first-order chi connectivity index (χ1) is 12.1. The Labute approximate surface area is 161 Å². The molecule has 134 valence electrons. The third-order valence-electron chi connectivity index (χ3n) is 5.61. The lowest BCUT2D eigenvalue weighted by molar-refractivity contribution is 0.293. The Hall–Kier alpha value is -1.91. The summed E-state index contributed by atoms with van der Waals surface area (Å²) in [5, 5.41) is 5.34. The first kappa shape index (κ1) is 17.5. The van der Waals surface area contributed by atoms with Gasteiger partial charge in [0.2, 0.25) is 0 Å². The van der Waals surface area contributed by atoms with E-state index in [1.807, 2.05) is 39.8 Å². The lowest BCUT2D eigenvalue weighted by atomic mass is 9.65. The average Bonchev–Trinajstić information content (AvgIpc) is 2.85. The smallest absolute Gasteiger partial charge is 0.132 e. The summed E-state index contributed by atoms with van der Waals surface area (Å²) in [7, 11) is 0. The van der Waals surface area contributed by atoms with Crippen molar-refractivity contribution in [1.29, 1.82) is 0 Å². The van der Waals surface area contributed by atoms with Crippen LogP contribution >= 0.6 is 23.2 Å². The van der Waals surface area contributed by atoms with Gasteiger partial charge in [-0.3, -0.25) is 4.99 Å². The fourth-order valence-corrected chi connectivity index (χ4v) is 4.04. The van der Waals surface area contributed by atoms with Crippen molar-refractivity contribution in [2.24, 2.45) is 4.99 Å². The zero-order valence-corrected chi connectivity index (χ0v) is 16.5. The number of aromatic nitrogens is 2. The van der Waals surface area contributed by atoms with E-state index >= 15 is 0 Å². The quantitative estimate of drug-likeness (QED) is 0.525. The molecule has 0 amide bonds. The second kappa shape index (κ2) is 5.54. The van der Waals surface area contributed by atoms with Crippen LogP contribution in [0.25, 0.3) is 5.52 Å². The van der Waals surface area contributed by atoms with E-state index in [0.29, 0.717) is 27.0 Å². The molecule has 0 saturated carbocycles. The van der Waals surface area contributed by atoms with E-state index in [-0.39, 0.29) is 5.82 Å². The van der Waals surface area contributed by atoms with Gasteiger partial charge >= 0.3 is 0 Å². The van der Waals surface area contributed by atoms with Crippen LogP contribution in [-0.4, -0.2) is 20.9 Å². The molecule has 6 heteroatoms. The maximum Gasteiger partial charge on any atom is 0.132 e. The van der Waals surface area contributed by atoms with Crippen molar-refractivity contribution in [2.75, 3.05) is 0 Å². The lowest BCUT2D eigenvalue weighted by Crippen LogP contribution is -2.46. The second-order valence-corrected chi connectivity index (χ2v) is 8.46. The fraction of sp³-hybridized carbons (Fsp3) is 0.300. The van der Waals surface area contributed by atoms with E-state index in [2.05, 4.69) is 5.10 Å². The standard InChI is InChI=1S/C20H18Cl2FN3/c1-19(2)17-12(6-5-7-14(17)23)18(25-20(19,3)4)11-8-15-13(21)9-16(22)26(15)24-10-11/h5-10H,1-4H3. The van der Waals surface area contributed by atoms with Crippen molar-refractivity contribution in [2.45, 2.75) is 38.6 Å². The predicted molar refractivity (Wildman–Crippen MR) is 104 cm³/mol. The summed E-state index contributed by atoms with van der Waals surface area (Å²) in [5.74, 6) is -0.217. The lowest BCUT2D eigenvalue weighted by Gasteiger charge is -2.44. The summed E-state index contributed by atoms with van der Waals surface area (Å²) in [6.45, 7) is 8.10. The summed E-state index contributed by atoms with van der Waals surface area (Å²) >= 11 is 12.4. The van der Waals surface area contributed by atoms with Gasteiger partial charge in [-0.1, -0.05) is 49.2 Å². The maximum absolute atomic E-state index is 14.8. The largest absolute Gasteiger partial charge is 0.277 e. The summed E-state index contributed by atoms with van der Waals surface area (Å²) < 4.78 is 16.4. The van der Waals surface area contributed by atoms with E-state index in [1.165, 1.54) is 6.07 Å². The van der Waals surface area contributed by atoms with Gasteiger partial charge in [-0.25, -0.2) is 8.91 Å². The van der Waals surface area contributed by atoms with Crippen LogP contribution in [0.2, 0.25) is 10.2 Å². The molecule has 0 bridgehead atoms. The molecule has 0 unspecified atom stereocenters. The summed E-state index contributed by atoms with van der Waals surface area (Å²) in [6.07, 6.45) is 1.69. The van der Waals surface area contributed by atoms with Crippen LogP contribution in [0.4, 0.5) is 4.39 Å². The van der Waals surface area contributed by atoms with Gasteiger partial charge in [-0.15, -0.1) is 0 Å². The van der Waals surface area contributed by atoms with Crippen LogP contribution in [0.3, 0.4) is 0 Å². The van der Waals surface area contributed by atoms with Crippen molar-refractivity contribution < 1.29 is 4.39 Å². The Bertz CT molecular complexity index is 1080. The molecule has 0 N–H and O–H groups in total. The number of nitrogens with zero attached hydrogens (tertiary/aromatic N) is 3. The molecule has 2 aromatic heterocycles. The van der Waals surface area contributed by atoms with Gasteiger partial charge in [-0.05, 0) is 32.0 Å². The highest BCUT2D eigenvalue weighted by Crippen LogP contribution is 2.45. The molecule has 1 aromatic carbocycles. The Balaban J connectivity index is 2.02. The minimum Gasteiger partial charge on any atom is -0.277 e. The monoisotopic (exact) mass is 389 g/mol. The van der Waals surface area contributed by atoms with Crippen molar-refractivity contribution in [3.05, 3.63) is 69.2 Å². The van der Waals surface area contributed by atoms with Crippen LogP contribution in [0.1, 0.15) is 44.4 Å². The highest BCUT2D eigenvalue weighted by Gasteiger charge is 2.45. The molecule has 0 fully saturated rings. The number of benzene rings is 1. The minimum absolute atomic E-state index is 0.217. The zero-order chi connectivity index (χ0) is 18.9. The molecule has 0 saturated heterocycles. The van der Waals surface area contributed by atoms with Gasteiger partial charge in [0.25, 0.3) is 0 Å². The summed E-state index contributed by atoms with van der Waals surface area (Å²) in [5.41, 5.74) is 2.70. The molecule has 3 heterocycles. The van der Waals surface area contributed by atoms with Crippen LogP contribution in [0, 0.1) is 5.82 Å². The number of hydrogen-bond acceptors (Lipinski definition) is 2. The highest BCUT2D eigenvalue weighted by molar-refractivity contribution is 6.37. The molecule has 0 radical (unpaired) electrons. The van der Waals surface area contributed by atoms with Gasteiger partial charge < -0.3 is 0 Å². The van der Waals surface area contributed by atoms with Crippen LogP contribution in [-0.2, 0) is 5.41 Å². The number of hydrogen-bond donors (Lipinski definition) is 0. The molecule has 26 heavy (non-hydrogen) atoms. The van der Waals surface area contributed by atoms with Crippen LogP contribution < -0.4 is 0 Å². The van der Waals surface area contributed by atoms with Gasteiger partial charge in [0, 0.05) is 22.1 Å². The Morgan fingerprint density at radius 3 is 2.54 bits per heavy atom. The Morgan fingerprint density at radius 2 is 1.81 bits per heavy atom. The summed E-state index contributed by atoms with van der Waals surface area (Å²) in [4.78, 5) is 4.99. The normalized spacial score (nSPS) is 17.9. The second-order valence-electron chi connectivity index (χ2n) is 7.66. The van der Waals surface area contributed by atoms with Gasteiger partial charge in [0.1, 0.15) is 11.0 Å². The third-order valence-corrected chi connectivity index (χ3v) is 6.19. The molecule has 1 aliphatic rings. The van der Waals surface area contributed by atoms with Gasteiger partial charge in [0.15, 0.2) is 0 Å². The molecule has 1 aliphatic heterocycles. The topological polar surface area (TPSA) is 29.7 Å². The van der Waals surface area contributed by atoms with Gasteiger partial charge in [-0.2, -0.15) is 5.10 Å². The fourth-order valence-electron chi connectivity index (χ4n) is 3.50. The first-order valence-corrected chi connectivity index (χ1v) is 9.11. The van der Waals surface area contributed by atoms with Crippen LogP contribution in [0.5, 0.6) is 0 Å². The van der Waals surface area contributed by atoms with Crippen molar-refractivity contribution in [1.82, 2.24) is 9.61 Å². The first-order valence-electron chi connectivity index (χ1n) is 8.36. The van der Waals surface area contributed by atoms with Gasteiger partial charge in [0.05, 0.1) is 28.0 Å². The Morgan fingerprint density at radius 1 is 1.08 bits per heavy atom. The number of rotatable bonds is 1. The number of aliphatic imine (C=N–C) groups is 1. The van der Waals surface area contributed by atoms with E-state index in [4.69, 9.17) is 28.2 Å². The Kier molecular flexibility index (Phi) is 3.73. The molecule has 0 aliphatic carbocycles. The van der Waals surface area contributed by atoms with E-state index < -0.39 is 11.0 Å². The molecule has 0 spiro atoms. The molecule has 3 aromatic rings. The third kappa shape index (κ3) is 2.32. The average molecular weight is 390 g/mol. The summed E-state index contributed by atoms with van der Waals surface area (Å²) in [6, 6.07) is 8.67. The predicted octanol–water partition coefficient (Wildman–Crippen LogP) is 5.69.